The van der Waals surface area contributed by atoms with Crippen LogP contribution < -0.4 is 0 Å². The predicted molar refractivity (Wildman–Crippen MR) is 79.8 cm³/mol. The van der Waals surface area contributed by atoms with Crippen LogP contribution in [0.25, 0.3) is 22.4 Å². The fourth-order valence-electron chi connectivity index (χ4n) is 1.62. The predicted octanol–water partition coefficient (Wildman–Crippen LogP) is 4.72. The summed E-state index contributed by atoms with van der Waals surface area (Å²) in [5.41, 5.74) is -0.445. The summed E-state index contributed by atoms with van der Waals surface area (Å²) in [7, 11) is 0. The fraction of sp³-hybridized carbons (Fsp3) is 0.0556. The molecule has 1 aromatic heterocycles. The van der Waals surface area contributed by atoms with Crippen molar-refractivity contribution in [3.05, 3.63) is 78.2 Å². The van der Waals surface area contributed by atoms with Gasteiger partial charge in [-0.2, -0.15) is 0 Å². The summed E-state index contributed by atoms with van der Waals surface area (Å²) < 4.78 is 87.7. The highest BCUT2D eigenvalue weighted by molar-refractivity contribution is 5.70. The van der Waals surface area contributed by atoms with E-state index in [9.17, 15) is 0 Å². The molecule has 0 aliphatic heterocycles. The lowest BCUT2D eigenvalue weighted by Crippen LogP contribution is -1.89. The number of aromatic nitrogens is 1. The van der Waals surface area contributed by atoms with Gasteiger partial charge < -0.3 is 0 Å². The zero-order valence-electron chi connectivity index (χ0n) is 21.0. The quantitative estimate of drug-likeness (QED) is 0.646. The van der Waals surface area contributed by atoms with Crippen LogP contribution in [0.5, 0.6) is 0 Å². The number of nitrogens with zero attached hydrogens (tertiary/aromatic N) is 1. The standard InChI is InChI=1S/C18H15N/c1-14-12-18(16-10-6-3-7-11-16)19-13-17(14)15-8-4-2-5-9-15/h2-13H,1H3/i2D,3D,4D,5D,6D,7D,8D,9D,10D,12D,13D. The topological polar surface area (TPSA) is 12.9 Å². The Kier molecular flexibility index (Phi) is 1.23. The molecule has 1 nitrogen and oxygen atoms in total. The zero-order chi connectivity index (χ0) is 22.7. The Morgan fingerprint density at radius 2 is 1.58 bits per heavy atom. The van der Waals surface area contributed by atoms with Crippen LogP contribution in [0.1, 0.15) is 20.6 Å². The fourth-order valence-corrected chi connectivity index (χ4v) is 1.62. The van der Waals surface area contributed by atoms with E-state index in [-0.39, 0.29) is 40.0 Å². The van der Waals surface area contributed by atoms with E-state index >= 15 is 0 Å². The van der Waals surface area contributed by atoms with Crippen molar-refractivity contribution in [1.82, 2.24) is 4.98 Å². The minimum absolute atomic E-state index is 0.0600. The number of pyridine rings is 1. The van der Waals surface area contributed by atoms with E-state index in [0.717, 1.165) is 6.07 Å². The maximum absolute atomic E-state index is 8.45. The van der Waals surface area contributed by atoms with Gasteiger partial charge in [0.25, 0.3) is 0 Å². The van der Waals surface area contributed by atoms with Crippen LogP contribution in [0.2, 0.25) is 0 Å². The molecule has 0 unspecified atom stereocenters. The minimum atomic E-state index is -0.575. The second kappa shape index (κ2) is 5.07. The van der Waals surface area contributed by atoms with Crippen molar-refractivity contribution in [1.29, 1.82) is 0 Å². The summed E-state index contributed by atoms with van der Waals surface area (Å²) in [6, 6.07) is -3.57. The third-order valence-electron chi connectivity index (χ3n) is 2.51. The first kappa shape index (κ1) is 4.61. The Bertz CT molecular complexity index is 1190. The summed E-state index contributed by atoms with van der Waals surface area (Å²) in [4.78, 5) is 4.01. The third-order valence-corrected chi connectivity index (χ3v) is 2.51. The van der Waals surface area contributed by atoms with Gasteiger partial charge in [0.15, 0.2) is 0 Å². The van der Waals surface area contributed by atoms with E-state index in [1.165, 1.54) is 6.92 Å². The highest BCUT2D eigenvalue weighted by Gasteiger charge is 2.05. The average molecular weight is 256 g/mol. The molecule has 0 fully saturated rings. The second-order valence-electron chi connectivity index (χ2n) is 3.77. The summed E-state index contributed by atoms with van der Waals surface area (Å²) in [6.07, 6.45) is -0.468. The van der Waals surface area contributed by atoms with Gasteiger partial charge in [-0.15, -0.1) is 0 Å². The van der Waals surface area contributed by atoms with E-state index in [1.807, 2.05) is 0 Å². The Balaban J connectivity index is 2.38. The van der Waals surface area contributed by atoms with Gasteiger partial charge in [0.1, 0.15) is 0 Å². The molecule has 1 heterocycles. The maximum Gasteiger partial charge on any atom is 0.0847 e. The molecule has 0 atom stereocenters. The lowest BCUT2D eigenvalue weighted by molar-refractivity contribution is 1.29. The molecule has 92 valence electrons. The van der Waals surface area contributed by atoms with Gasteiger partial charge in [-0.25, -0.2) is 0 Å². The smallest absolute Gasteiger partial charge is 0.0847 e. The molecular formula is C18H15N. The molecule has 0 N–H and O–H groups in total. The van der Waals surface area contributed by atoms with Gasteiger partial charge in [0.2, 0.25) is 0 Å². The SMILES string of the molecule is [2H]c1cc(-c2nc([2H])c(-c3c([2H])c([2H])c([2H])c([2H])c3[2H])c(C)c2[2H])c([2H])c([2H])c1[2H]. The summed E-state index contributed by atoms with van der Waals surface area (Å²) in [5, 5.41) is 0. The van der Waals surface area contributed by atoms with Crippen molar-refractivity contribution in [2.24, 2.45) is 0 Å². The molecular weight excluding hydrogens is 230 g/mol. The van der Waals surface area contributed by atoms with Crippen molar-refractivity contribution in [2.45, 2.75) is 6.92 Å². The Hall–Kier alpha value is -2.41. The molecule has 19 heavy (non-hydrogen) atoms. The molecule has 3 aromatic rings. The summed E-state index contributed by atoms with van der Waals surface area (Å²) in [5.74, 6) is 0. The number of hydrogen-bond donors (Lipinski definition) is 0. The first-order valence-corrected chi connectivity index (χ1v) is 5.52. The monoisotopic (exact) mass is 256 g/mol. The molecule has 0 bridgehead atoms. The number of hydrogen-bond acceptors (Lipinski definition) is 1. The van der Waals surface area contributed by atoms with E-state index < -0.39 is 54.5 Å². The van der Waals surface area contributed by atoms with Crippen molar-refractivity contribution < 1.29 is 15.1 Å². The van der Waals surface area contributed by atoms with Crippen molar-refractivity contribution in [2.75, 3.05) is 0 Å². The molecule has 0 aliphatic carbocycles. The molecule has 0 saturated carbocycles. The highest BCUT2D eigenvalue weighted by Crippen LogP contribution is 2.26. The van der Waals surface area contributed by atoms with E-state index in [2.05, 4.69) is 4.98 Å². The minimum Gasteiger partial charge on any atom is -0.256 e. The maximum atomic E-state index is 8.45. The lowest BCUT2D eigenvalue weighted by atomic mass is 10.0. The van der Waals surface area contributed by atoms with Gasteiger partial charge in [-0.1, -0.05) is 60.4 Å². The number of rotatable bonds is 2. The summed E-state index contributed by atoms with van der Waals surface area (Å²) in [6.45, 7) is 1.44. The van der Waals surface area contributed by atoms with Crippen LogP contribution in [-0.4, -0.2) is 4.98 Å². The second-order valence-corrected chi connectivity index (χ2v) is 3.77. The Labute approximate surface area is 129 Å². The molecule has 0 saturated heterocycles. The van der Waals surface area contributed by atoms with Gasteiger partial charge in [0.05, 0.1) is 20.8 Å². The van der Waals surface area contributed by atoms with Crippen molar-refractivity contribution in [3.63, 3.8) is 0 Å². The first-order chi connectivity index (χ1) is 13.9. The molecule has 3 rings (SSSR count). The van der Waals surface area contributed by atoms with E-state index in [1.54, 1.807) is 0 Å². The van der Waals surface area contributed by atoms with Crippen LogP contribution in [0.3, 0.4) is 0 Å². The average Bonchev–Trinajstić information content (AvgIpc) is 2.71. The zero-order valence-corrected chi connectivity index (χ0v) is 10.0. The van der Waals surface area contributed by atoms with Crippen LogP contribution in [0.15, 0.2) is 72.7 Å². The van der Waals surface area contributed by atoms with Gasteiger partial charge in [0, 0.05) is 17.3 Å². The summed E-state index contributed by atoms with van der Waals surface area (Å²) >= 11 is 0. The molecule has 0 amide bonds. The van der Waals surface area contributed by atoms with Crippen LogP contribution in [0, 0.1) is 6.92 Å². The lowest BCUT2D eigenvalue weighted by Gasteiger charge is -2.08. The van der Waals surface area contributed by atoms with Crippen LogP contribution >= 0.6 is 0 Å². The first-order valence-electron chi connectivity index (χ1n) is 11.0. The normalized spacial score (nSPS) is 18.5. The Morgan fingerprint density at radius 1 is 0.895 bits per heavy atom. The molecule has 0 aliphatic rings. The van der Waals surface area contributed by atoms with Crippen LogP contribution in [0.4, 0.5) is 0 Å². The molecule has 1 heteroatoms. The van der Waals surface area contributed by atoms with Crippen molar-refractivity contribution in [3.8, 4) is 22.4 Å². The van der Waals surface area contributed by atoms with Crippen LogP contribution in [-0.2, 0) is 0 Å². The Morgan fingerprint density at radius 3 is 2.37 bits per heavy atom. The largest absolute Gasteiger partial charge is 0.256 e. The van der Waals surface area contributed by atoms with Crippen molar-refractivity contribution >= 4 is 0 Å². The van der Waals surface area contributed by atoms with Gasteiger partial charge in [-0.3, -0.25) is 4.98 Å². The highest BCUT2D eigenvalue weighted by atomic mass is 14.7. The molecule has 0 radical (unpaired) electrons. The van der Waals surface area contributed by atoms with E-state index in [4.69, 9.17) is 15.1 Å². The molecule has 2 aromatic carbocycles. The number of benzene rings is 2. The van der Waals surface area contributed by atoms with Gasteiger partial charge >= 0.3 is 0 Å². The molecule has 0 spiro atoms. The third kappa shape index (κ3) is 2.41. The van der Waals surface area contributed by atoms with E-state index in [0.29, 0.717) is 0 Å². The van der Waals surface area contributed by atoms with Gasteiger partial charge in [-0.05, 0) is 24.1 Å².